The summed E-state index contributed by atoms with van der Waals surface area (Å²) >= 11 is 0. The Morgan fingerprint density at radius 3 is 0.869 bits per heavy atom. The second kappa shape index (κ2) is 59.5. The van der Waals surface area contributed by atoms with Crippen LogP contribution in [-0.4, -0.2) is 96.7 Å². The van der Waals surface area contributed by atoms with E-state index in [1.54, 1.807) is 0 Å². The minimum atomic E-state index is -4.95. The van der Waals surface area contributed by atoms with Gasteiger partial charge in [-0.3, -0.25) is 37.3 Å². The summed E-state index contributed by atoms with van der Waals surface area (Å²) < 4.78 is 67.8. The average Bonchev–Trinajstić information content (AvgIpc) is 3.54. The van der Waals surface area contributed by atoms with Gasteiger partial charge in [0.05, 0.1) is 26.4 Å². The molecule has 0 saturated heterocycles. The zero-order valence-corrected chi connectivity index (χ0v) is 55.1. The maximum absolute atomic E-state index is 13.0. The third-order valence-electron chi connectivity index (χ3n) is 14.5. The highest BCUT2D eigenvalue weighted by molar-refractivity contribution is 7.47. The van der Waals surface area contributed by atoms with Crippen molar-refractivity contribution < 1.29 is 80.2 Å². The SMILES string of the molecule is CCCCCC/C=C\C=C/CCCCCCCC(=O)O[C@H](COC(=O)CCCCCCCCCCCCCCC)COP(=O)(O)OC[C@@H](O)COP(=O)(O)OC[C@@H](COC(=O)CCCCCCC)OC(=O)CCCCCCCCCCCCC. The van der Waals surface area contributed by atoms with Crippen molar-refractivity contribution in [1.29, 1.82) is 0 Å². The number of carbonyl (C=O) groups excluding carboxylic acids is 4. The second-order valence-electron chi connectivity index (χ2n) is 22.8. The van der Waals surface area contributed by atoms with E-state index in [0.717, 1.165) is 109 Å². The number of aliphatic hydroxyl groups excluding tert-OH is 1. The summed E-state index contributed by atoms with van der Waals surface area (Å²) in [5.74, 6) is -2.17. The normalized spacial score (nSPS) is 14.3. The number of hydrogen-bond donors (Lipinski definition) is 3. The van der Waals surface area contributed by atoms with E-state index in [-0.39, 0.29) is 25.7 Å². The van der Waals surface area contributed by atoms with Gasteiger partial charge in [0.25, 0.3) is 0 Å². The molecule has 0 heterocycles. The van der Waals surface area contributed by atoms with E-state index in [0.29, 0.717) is 25.7 Å². The Labute approximate surface area is 510 Å². The molecule has 5 atom stereocenters. The van der Waals surface area contributed by atoms with E-state index in [1.807, 2.05) is 0 Å². The standard InChI is InChI=1S/C65H122O17P2/c1-5-9-13-17-20-23-26-28-29-31-34-37-40-44-48-52-65(70)82-61(56-76-63(68)50-46-42-38-35-33-30-27-24-21-18-14-10-6-2)58-80-84(73,74)78-54-59(66)53-77-83(71,72)79-57-60(55-75-62(67)49-45-41-16-12-8-4)81-64(69)51-47-43-39-36-32-25-22-19-15-11-7-3/h23,26,28-29,59-61,66H,5-22,24-25,27,30-58H2,1-4H3,(H,71,72)(H,73,74)/b26-23-,29-28-/t59-,60+,61+/m0/s1. The largest absolute Gasteiger partial charge is 0.472 e. The van der Waals surface area contributed by atoms with Crippen LogP contribution in [0.25, 0.3) is 0 Å². The van der Waals surface area contributed by atoms with E-state index in [2.05, 4.69) is 52.0 Å². The summed E-state index contributed by atoms with van der Waals surface area (Å²) in [6.45, 7) is 4.75. The van der Waals surface area contributed by atoms with E-state index >= 15 is 0 Å². The molecule has 0 aliphatic carbocycles. The van der Waals surface area contributed by atoms with Crippen LogP contribution in [0.15, 0.2) is 24.3 Å². The Morgan fingerprint density at radius 1 is 0.333 bits per heavy atom. The zero-order chi connectivity index (χ0) is 61.9. The molecule has 0 aliphatic rings. The smallest absolute Gasteiger partial charge is 0.462 e. The van der Waals surface area contributed by atoms with E-state index < -0.39 is 97.5 Å². The highest BCUT2D eigenvalue weighted by atomic mass is 31.2. The molecule has 0 bridgehead atoms. The van der Waals surface area contributed by atoms with Crippen LogP contribution in [0.2, 0.25) is 0 Å². The Balaban J connectivity index is 5.21. The van der Waals surface area contributed by atoms with Crippen LogP contribution >= 0.6 is 15.6 Å². The fourth-order valence-electron chi connectivity index (χ4n) is 9.27. The summed E-state index contributed by atoms with van der Waals surface area (Å²) in [7, 11) is -9.89. The summed E-state index contributed by atoms with van der Waals surface area (Å²) in [6.07, 6.45) is 48.3. The van der Waals surface area contributed by atoms with Gasteiger partial charge >= 0.3 is 39.5 Å². The number of unbranched alkanes of at least 4 members (excludes halogenated alkanes) is 35. The summed E-state index contributed by atoms with van der Waals surface area (Å²) in [5.41, 5.74) is 0. The van der Waals surface area contributed by atoms with Crippen LogP contribution < -0.4 is 0 Å². The van der Waals surface area contributed by atoms with Crippen LogP contribution in [0.1, 0.15) is 310 Å². The van der Waals surface area contributed by atoms with Gasteiger partial charge in [0, 0.05) is 25.7 Å². The fourth-order valence-corrected chi connectivity index (χ4v) is 10.8. The lowest BCUT2D eigenvalue weighted by Gasteiger charge is -2.21. The van der Waals surface area contributed by atoms with Crippen LogP contribution in [0.3, 0.4) is 0 Å². The maximum atomic E-state index is 13.0. The number of aliphatic hydroxyl groups is 1. The molecule has 0 saturated carbocycles. The zero-order valence-electron chi connectivity index (χ0n) is 53.3. The van der Waals surface area contributed by atoms with Crippen molar-refractivity contribution >= 4 is 39.5 Å². The van der Waals surface area contributed by atoms with Crippen LogP contribution in [0.4, 0.5) is 0 Å². The molecule has 0 fully saturated rings. The average molecular weight is 1240 g/mol. The molecule has 17 nitrogen and oxygen atoms in total. The number of phosphoric acid groups is 2. The Bertz CT molecular complexity index is 1710. The Kier molecular flexibility index (Phi) is 57.8. The summed E-state index contributed by atoms with van der Waals surface area (Å²) in [4.78, 5) is 72.0. The van der Waals surface area contributed by atoms with Gasteiger partial charge in [-0.15, -0.1) is 0 Å². The first-order valence-electron chi connectivity index (χ1n) is 33.6. The molecule has 19 heteroatoms. The monoisotopic (exact) mass is 1240 g/mol. The number of phosphoric ester groups is 2. The topological polar surface area (TPSA) is 237 Å². The first-order chi connectivity index (χ1) is 40.7. The number of rotatable bonds is 64. The highest BCUT2D eigenvalue weighted by Gasteiger charge is 2.30. The van der Waals surface area contributed by atoms with Crippen molar-refractivity contribution in [2.45, 2.75) is 329 Å². The molecular weight excluding hydrogens is 1110 g/mol. The number of hydrogen-bond acceptors (Lipinski definition) is 15. The van der Waals surface area contributed by atoms with Crippen molar-refractivity contribution in [3.05, 3.63) is 24.3 Å². The number of ether oxygens (including phenoxy) is 4. The maximum Gasteiger partial charge on any atom is 0.472 e. The van der Waals surface area contributed by atoms with Gasteiger partial charge in [0.15, 0.2) is 12.2 Å². The molecule has 0 aromatic rings. The first kappa shape index (κ1) is 81.5. The van der Waals surface area contributed by atoms with Crippen molar-refractivity contribution in [2.24, 2.45) is 0 Å². The molecule has 0 aromatic carbocycles. The molecule has 0 rings (SSSR count). The minimum absolute atomic E-state index is 0.0856. The number of allylic oxidation sites excluding steroid dienone is 4. The van der Waals surface area contributed by atoms with Crippen LogP contribution in [-0.2, 0) is 65.4 Å². The van der Waals surface area contributed by atoms with Gasteiger partial charge in [0.1, 0.15) is 19.3 Å². The molecule has 0 aliphatic heterocycles. The third-order valence-corrected chi connectivity index (χ3v) is 16.4. The molecular formula is C65H122O17P2. The molecule has 3 N–H and O–H groups in total. The fraction of sp³-hybridized carbons (Fsp3) is 0.877. The molecule has 0 radical (unpaired) electrons. The van der Waals surface area contributed by atoms with Crippen LogP contribution in [0, 0.1) is 0 Å². The Hall–Kier alpha value is -2.46. The van der Waals surface area contributed by atoms with Crippen molar-refractivity contribution in [3.8, 4) is 0 Å². The predicted molar refractivity (Wildman–Crippen MR) is 335 cm³/mol. The summed E-state index contributed by atoms with van der Waals surface area (Å²) in [6, 6.07) is 0. The van der Waals surface area contributed by atoms with Gasteiger partial charge < -0.3 is 33.8 Å². The molecule has 494 valence electrons. The lowest BCUT2D eigenvalue weighted by atomic mass is 10.0. The quantitative estimate of drug-likeness (QED) is 0.0169. The summed E-state index contributed by atoms with van der Waals surface area (Å²) in [5, 5.41) is 10.5. The van der Waals surface area contributed by atoms with Gasteiger partial charge in [-0.2, -0.15) is 0 Å². The van der Waals surface area contributed by atoms with Crippen molar-refractivity contribution in [2.75, 3.05) is 39.6 Å². The van der Waals surface area contributed by atoms with Crippen LogP contribution in [0.5, 0.6) is 0 Å². The number of carbonyl (C=O) groups is 4. The van der Waals surface area contributed by atoms with Gasteiger partial charge in [-0.1, -0.05) is 257 Å². The third kappa shape index (κ3) is 58.6. The lowest BCUT2D eigenvalue weighted by molar-refractivity contribution is -0.161. The van der Waals surface area contributed by atoms with E-state index in [9.17, 15) is 43.2 Å². The number of esters is 4. The second-order valence-corrected chi connectivity index (χ2v) is 25.7. The van der Waals surface area contributed by atoms with Crippen molar-refractivity contribution in [1.82, 2.24) is 0 Å². The lowest BCUT2D eigenvalue weighted by Crippen LogP contribution is -2.30. The first-order valence-corrected chi connectivity index (χ1v) is 36.6. The molecule has 0 amide bonds. The molecule has 0 aromatic heterocycles. The Morgan fingerprint density at radius 2 is 0.571 bits per heavy atom. The molecule has 84 heavy (non-hydrogen) atoms. The van der Waals surface area contributed by atoms with E-state index in [4.69, 9.17) is 37.0 Å². The van der Waals surface area contributed by atoms with Gasteiger partial charge in [-0.25, -0.2) is 9.13 Å². The van der Waals surface area contributed by atoms with E-state index in [1.165, 1.54) is 122 Å². The highest BCUT2D eigenvalue weighted by Crippen LogP contribution is 2.45. The van der Waals surface area contributed by atoms with Gasteiger partial charge in [-0.05, 0) is 51.4 Å². The predicted octanol–water partition coefficient (Wildman–Crippen LogP) is 17.9. The molecule has 2 unspecified atom stereocenters. The minimum Gasteiger partial charge on any atom is -0.462 e. The molecule has 0 spiro atoms. The van der Waals surface area contributed by atoms with Crippen molar-refractivity contribution in [3.63, 3.8) is 0 Å². The van der Waals surface area contributed by atoms with Gasteiger partial charge in [0.2, 0.25) is 0 Å².